The summed E-state index contributed by atoms with van der Waals surface area (Å²) in [6.07, 6.45) is 2.32. The number of nitrogens with one attached hydrogen (secondary N) is 1. The molecule has 0 aliphatic carbocycles. The van der Waals surface area contributed by atoms with Crippen molar-refractivity contribution in [3.8, 4) is 11.8 Å². The van der Waals surface area contributed by atoms with Crippen LogP contribution in [0.1, 0.15) is 28.6 Å². The van der Waals surface area contributed by atoms with Gasteiger partial charge in [-0.2, -0.15) is 5.26 Å². The van der Waals surface area contributed by atoms with Gasteiger partial charge in [0.15, 0.2) is 0 Å². The maximum Gasteiger partial charge on any atom is 0.268 e. The van der Waals surface area contributed by atoms with E-state index in [1.807, 2.05) is 39.0 Å². The number of carbonyl (C=O) groups is 1. The fraction of sp³-hybridized carbons (Fsp3) is 0.294. The lowest BCUT2D eigenvalue weighted by Gasteiger charge is -2.10. The molecule has 24 heavy (non-hydrogen) atoms. The highest BCUT2D eigenvalue weighted by Gasteiger charge is 2.14. The topological polar surface area (TPSA) is 87.9 Å². The summed E-state index contributed by atoms with van der Waals surface area (Å²) in [4.78, 5) is 12.3. The molecule has 7 heteroatoms. The lowest BCUT2D eigenvalue weighted by atomic mass is 10.0. The van der Waals surface area contributed by atoms with Gasteiger partial charge in [0.2, 0.25) is 5.13 Å². The molecule has 0 fully saturated rings. The molecular formula is C17H18N4O2S. The number of aryl methyl sites for hydroxylation is 1. The molecule has 124 valence electrons. The molecule has 0 saturated heterocycles. The van der Waals surface area contributed by atoms with Crippen molar-refractivity contribution in [3.63, 3.8) is 0 Å². The summed E-state index contributed by atoms with van der Waals surface area (Å²) < 4.78 is 5.27. The number of aromatic nitrogens is 2. The molecule has 0 aliphatic rings. The van der Waals surface area contributed by atoms with Crippen molar-refractivity contribution in [2.24, 2.45) is 0 Å². The van der Waals surface area contributed by atoms with Crippen molar-refractivity contribution >= 4 is 28.5 Å². The molecular weight excluding hydrogens is 324 g/mol. The zero-order valence-electron chi connectivity index (χ0n) is 14.0. The molecule has 0 atom stereocenters. The Hall–Kier alpha value is -2.72. The Bertz CT molecular complexity index is 834. The summed E-state index contributed by atoms with van der Waals surface area (Å²) in [5.41, 5.74) is 2.74. The lowest BCUT2D eigenvalue weighted by Crippen LogP contribution is -2.13. The smallest absolute Gasteiger partial charge is 0.268 e. The third kappa shape index (κ3) is 3.78. The van der Waals surface area contributed by atoms with Crippen LogP contribution in [-0.4, -0.2) is 23.2 Å². The van der Waals surface area contributed by atoms with Crippen LogP contribution in [0.3, 0.4) is 0 Å². The molecule has 0 bridgehead atoms. The van der Waals surface area contributed by atoms with Gasteiger partial charge in [0.05, 0.1) is 7.11 Å². The van der Waals surface area contributed by atoms with E-state index in [4.69, 9.17) is 4.74 Å². The van der Waals surface area contributed by atoms with Gasteiger partial charge >= 0.3 is 0 Å². The quantitative estimate of drug-likeness (QED) is 0.665. The van der Waals surface area contributed by atoms with E-state index >= 15 is 0 Å². The minimum absolute atomic E-state index is 0.0101. The highest BCUT2D eigenvalue weighted by molar-refractivity contribution is 7.15. The predicted octanol–water partition coefficient (Wildman–Crippen LogP) is 3.27. The highest BCUT2D eigenvalue weighted by Crippen LogP contribution is 2.25. The van der Waals surface area contributed by atoms with Crippen molar-refractivity contribution in [3.05, 3.63) is 39.4 Å². The minimum atomic E-state index is -0.496. The number of nitriles is 1. The van der Waals surface area contributed by atoms with Gasteiger partial charge in [0.1, 0.15) is 22.4 Å². The number of nitrogens with zero attached hydrogens (tertiary/aromatic N) is 3. The van der Waals surface area contributed by atoms with Gasteiger partial charge in [-0.25, -0.2) is 0 Å². The Kier molecular flexibility index (Phi) is 5.66. The van der Waals surface area contributed by atoms with E-state index in [1.165, 1.54) is 11.3 Å². The van der Waals surface area contributed by atoms with Gasteiger partial charge in [0, 0.05) is 0 Å². The summed E-state index contributed by atoms with van der Waals surface area (Å²) in [5, 5.41) is 21.0. The van der Waals surface area contributed by atoms with Crippen LogP contribution >= 0.6 is 11.3 Å². The number of rotatable bonds is 5. The fourth-order valence-electron chi connectivity index (χ4n) is 2.11. The lowest BCUT2D eigenvalue weighted by molar-refractivity contribution is -0.112. The van der Waals surface area contributed by atoms with Crippen LogP contribution < -0.4 is 10.1 Å². The number of amides is 1. The second-order valence-corrected chi connectivity index (χ2v) is 6.15. The van der Waals surface area contributed by atoms with E-state index in [0.29, 0.717) is 5.13 Å². The number of benzene rings is 1. The average molecular weight is 342 g/mol. The van der Waals surface area contributed by atoms with Gasteiger partial charge in [0.25, 0.3) is 5.91 Å². The van der Waals surface area contributed by atoms with Crippen molar-refractivity contribution in [1.29, 1.82) is 5.26 Å². The first kappa shape index (κ1) is 17.6. The fourth-order valence-corrected chi connectivity index (χ4v) is 2.78. The standard InChI is InChI=1S/C17H18N4O2S/c1-5-15-20-21-17(24-15)19-16(22)13(9-18)8-12-6-7-14(23-4)11(3)10(12)2/h6-8H,5H2,1-4H3,(H,19,21,22). The van der Waals surface area contributed by atoms with Gasteiger partial charge in [-0.05, 0) is 49.1 Å². The van der Waals surface area contributed by atoms with Crippen LogP contribution in [-0.2, 0) is 11.2 Å². The molecule has 0 unspecified atom stereocenters. The third-order valence-electron chi connectivity index (χ3n) is 3.65. The Balaban J connectivity index is 2.27. The summed E-state index contributed by atoms with van der Waals surface area (Å²) in [6.45, 7) is 5.82. The van der Waals surface area contributed by atoms with E-state index in [2.05, 4.69) is 15.5 Å². The van der Waals surface area contributed by atoms with Crippen LogP contribution in [0.4, 0.5) is 5.13 Å². The predicted molar refractivity (Wildman–Crippen MR) is 94.0 cm³/mol. The van der Waals surface area contributed by atoms with Crippen LogP contribution in [0.5, 0.6) is 5.75 Å². The maximum atomic E-state index is 12.3. The number of carbonyl (C=O) groups excluding carboxylic acids is 1. The Labute approximate surface area is 144 Å². The molecule has 6 nitrogen and oxygen atoms in total. The Morgan fingerprint density at radius 2 is 2.12 bits per heavy atom. The van der Waals surface area contributed by atoms with Crippen molar-refractivity contribution in [2.45, 2.75) is 27.2 Å². The Morgan fingerprint density at radius 1 is 1.38 bits per heavy atom. The number of methoxy groups -OCH3 is 1. The summed E-state index contributed by atoms with van der Waals surface area (Å²) in [7, 11) is 1.61. The van der Waals surface area contributed by atoms with Gasteiger partial charge < -0.3 is 4.74 Å². The van der Waals surface area contributed by atoms with E-state index in [1.54, 1.807) is 13.2 Å². The van der Waals surface area contributed by atoms with Crippen LogP contribution in [0.2, 0.25) is 0 Å². The number of ether oxygens (including phenoxy) is 1. The number of hydrogen-bond acceptors (Lipinski definition) is 6. The number of hydrogen-bond donors (Lipinski definition) is 1. The summed E-state index contributed by atoms with van der Waals surface area (Å²) in [6, 6.07) is 5.59. The zero-order valence-corrected chi connectivity index (χ0v) is 14.8. The molecule has 0 spiro atoms. The van der Waals surface area contributed by atoms with Crippen molar-refractivity contribution < 1.29 is 9.53 Å². The van der Waals surface area contributed by atoms with Crippen LogP contribution in [0.15, 0.2) is 17.7 Å². The first-order valence-corrected chi connectivity index (χ1v) is 8.21. The second-order valence-electron chi connectivity index (χ2n) is 5.09. The first-order chi connectivity index (χ1) is 11.5. The second kappa shape index (κ2) is 7.70. The van der Waals surface area contributed by atoms with Gasteiger partial charge in [-0.15, -0.1) is 10.2 Å². The zero-order chi connectivity index (χ0) is 17.7. The van der Waals surface area contributed by atoms with Crippen molar-refractivity contribution in [2.75, 3.05) is 12.4 Å². The van der Waals surface area contributed by atoms with E-state index in [-0.39, 0.29) is 5.57 Å². The SMILES string of the molecule is CCc1nnc(NC(=O)C(C#N)=Cc2ccc(OC)c(C)c2C)s1. The van der Waals surface area contributed by atoms with Crippen molar-refractivity contribution in [1.82, 2.24) is 10.2 Å². The minimum Gasteiger partial charge on any atom is -0.496 e. The molecule has 1 amide bonds. The van der Waals surface area contributed by atoms with E-state index < -0.39 is 5.91 Å². The number of anilines is 1. The molecule has 0 saturated carbocycles. The van der Waals surface area contributed by atoms with Gasteiger partial charge in [-0.1, -0.05) is 24.3 Å². The van der Waals surface area contributed by atoms with Crippen LogP contribution in [0, 0.1) is 25.2 Å². The molecule has 2 aromatic rings. The molecule has 1 aromatic heterocycles. The maximum absolute atomic E-state index is 12.3. The summed E-state index contributed by atoms with van der Waals surface area (Å²) in [5.74, 6) is 0.276. The normalized spacial score (nSPS) is 11.0. The van der Waals surface area contributed by atoms with E-state index in [0.717, 1.165) is 33.9 Å². The first-order valence-electron chi connectivity index (χ1n) is 7.39. The molecule has 1 heterocycles. The highest BCUT2D eigenvalue weighted by atomic mass is 32.1. The summed E-state index contributed by atoms with van der Waals surface area (Å²) >= 11 is 1.30. The van der Waals surface area contributed by atoms with E-state index in [9.17, 15) is 10.1 Å². The monoisotopic (exact) mass is 342 g/mol. The van der Waals surface area contributed by atoms with Crippen LogP contribution in [0.25, 0.3) is 6.08 Å². The molecule has 2 rings (SSSR count). The Morgan fingerprint density at radius 3 is 2.71 bits per heavy atom. The molecule has 1 N–H and O–H groups in total. The molecule has 0 radical (unpaired) electrons. The largest absolute Gasteiger partial charge is 0.496 e. The third-order valence-corrected chi connectivity index (χ3v) is 4.64. The molecule has 1 aromatic carbocycles. The molecule has 0 aliphatic heterocycles. The van der Waals surface area contributed by atoms with Gasteiger partial charge in [-0.3, -0.25) is 10.1 Å². The average Bonchev–Trinajstić information content (AvgIpc) is 3.03.